The fourth-order valence-electron chi connectivity index (χ4n) is 3.59. The number of hydrogen-bond acceptors (Lipinski definition) is 3. The summed E-state index contributed by atoms with van der Waals surface area (Å²) < 4.78 is 7.95. The van der Waals surface area contributed by atoms with Crippen molar-refractivity contribution in [2.75, 3.05) is 26.3 Å². The molecular formula is C20H28N2O3. The first-order valence-corrected chi connectivity index (χ1v) is 9.30. The number of carbonyl (C=O) groups is 1. The Bertz CT molecular complexity index is 702. The van der Waals surface area contributed by atoms with E-state index in [1.54, 1.807) is 0 Å². The van der Waals surface area contributed by atoms with E-state index in [-0.39, 0.29) is 18.6 Å². The number of benzene rings is 1. The van der Waals surface area contributed by atoms with E-state index in [0.29, 0.717) is 19.4 Å². The number of aryl methyl sites for hydroxylation is 1. The lowest BCUT2D eigenvalue weighted by Gasteiger charge is -2.32. The maximum absolute atomic E-state index is 12.7. The number of nitrogens with zero attached hydrogens (tertiary/aromatic N) is 2. The van der Waals surface area contributed by atoms with E-state index in [9.17, 15) is 4.79 Å². The molecule has 1 fully saturated rings. The summed E-state index contributed by atoms with van der Waals surface area (Å²) in [7, 11) is 0. The van der Waals surface area contributed by atoms with Gasteiger partial charge in [0.1, 0.15) is 0 Å². The smallest absolute Gasteiger partial charge is 0.227 e. The third kappa shape index (κ3) is 4.22. The van der Waals surface area contributed by atoms with Gasteiger partial charge in [-0.05, 0) is 37.8 Å². The van der Waals surface area contributed by atoms with E-state index < -0.39 is 0 Å². The molecule has 0 saturated carbocycles. The number of aromatic nitrogens is 1. The van der Waals surface area contributed by atoms with Crippen molar-refractivity contribution in [1.82, 2.24) is 9.47 Å². The Balaban J connectivity index is 1.58. The van der Waals surface area contributed by atoms with Gasteiger partial charge in [0.2, 0.25) is 5.91 Å². The summed E-state index contributed by atoms with van der Waals surface area (Å²) in [5.41, 5.74) is 2.31. The first-order chi connectivity index (χ1) is 12.2. The van der Waals surface area contributed by atoms with Crippen molar-refractivity contribution >= 4 is 16.8 Å². The van der Waals surface area contributed by atoms with Crippen LogP contribution in [0.5, 0.6) is 0 Å². The van der Waals surface area contributed by atoms with E-state index in [1.807, 2.05) is 17.0 Å². The van der Waals surface area contributed by atoms with Crippen LogP contribution in [-0.2, 0) is 22.5 Å². The number of para-hydroxylation sites is 1. The Morgan fingerprint density at radius 3 is 2.76 bits per heavy atom. The minimum Gasteiger partial charge on any atom is -0.396 e. The molecule has 1 aliphatic heterocycles. The summed E-state index contributed by atoms with van der Waals surface area (Å²) in [6.45, 7) is 5.32. The number of likely N-dealkylation sites (tertiary alicyclic amines) is 1. The average molecular weight is 344 g/mol. The Labute approximate surface area is 149 Å². The summed E-state index contributed by atoms with van der Waals surface area (Å²) in [6.07, 6.45) is 5.25. The molecule has 1 aliphatic rings. The number of ether oxygens (including phenoxy) is 1. The third-order valence-electron chi connectivity index (χ3n) is 5.00. The molecule has 2 heterocycles. The topological polar surface area (TPSA) is 54.7 Å². The van der Waals surface area contributed by atoms with Crippen LogP contribution in [0.2, 0.25) is 0 Å². The van der Waals surface area contributed by atoms with Gasteiger partial charge in [-0.15, -0.1) is 0 Å². The zero-order valence-corrected chi connectivity index (χ0v) is 15.0. The van der Waals surface area contributed by atoms with E-state index in [0.717, 1.165) is 38.0 Å². The molecule has 1 saturated heterocycles. The predicted octanol–water partition coefficient (Wildman–Crippen LogP) is 2.59. The summed E-state index contributed by atoms with van der Waals surface area (Å²) in [5.74, 6) is 0.202. The zero-order chi connectivity index (χ0) is 17.6. The van der Waals surface area contributed by atoms with Gasteiger partial charge < -0.3 is 19.3 Å². The Hall–Kier alpha value is -1.85. The number of rotatable bonds is 7. The molecule has 3 rings (SSSR count). The van der Waals surface area contributed by atoms with Gasteiger partial charge in [-0.2, -0.15) is 0 Å². The van der Waals surface area contributed by atoms with E-state index in [2.05, 4.69) is 29.8 Å². The number of amides is 1. The van der Waals surface area contributed by atoms with Gasteiger partial charge in [0.05, 0.1) is 12.5 Å². The second-order valence-corrected chi connectivity index (χ2v) is 6.66. The van der Waals surface area contributed by atoms with Crippen LogP contribution in [-0.4, -0.2) is 52.9 Å². The second kappa shape index (κ2) is 8.50. The fourth-order valence-corrected chi connectivity index (χ4v) is 3.59. The van der Waals surface area contributed by atoms with Gasteiger partial charge >= 0.3 is 0 Å². The molecule has 25 heavy (non-hydrogen) atoms. The number of aliphatic hydroxyl groups excluding tert-OH is 1. The third-order valence-corrected chi connectivity index (χ3v) is 5.00. The second-order valence-electron chi connectivity index (χ2n) is 6.66. The van der Waals surface area contributed by atoms with Crippen molar-refractivity contribution in [3.05, 3.63) is 36.0 Å². The van der Waals surface area contributed by atoms with E-state index in [1.165, 1.54) is 10.9 Å². The molecule has 5 heteroatoms. The highest BCUT2D eigenvalue weighted by Crippen LogP contribution is 2.23. The summed E-state index contributed by atoms with van der Waals surface area (Å²) in [4.78, 5) is 14.7. The van der Waals surface area contributed by atoms with E-state index in [4.69, 9.17) is 9.84 Å². The lowest BCUT2D eigenvalue weighted by Crippen LogP contribution is -2.41. The monoisotopic (exact) mass is 344 g/mol. The number of carbonyl (C=O) groups excluding carboxylic acids is 1. The maximum Gasteiger partial charge on any atom is 0.227 e. The molecular weight excluding hydrogens is 316 g/mol. The van der Waals surface area contributed by atoms with Gasteiger partial charge in [-0.1, -0.05) is 18.2 Å². The van der Waals surface area contributed by atoms with Crippen molar-refractivity contribution in [1.29, 1.82) is 0 Å². The van der Waals surface area contributed by atoms with Gasteiger partial charge in [-0.25, -0.2) is 0 Å². The highest BCUT2D eigenvalue weighted by Gasteiger charge is 2.24. The van der Waals surface area contributed by atoms with Crippen molar-refractivity contribution < 1.29 is 14.6 Å². The molecule has 1 aromatic carbocycles. The molecule has 0 unspecified atom stereocenters. The average Bonchev–Trinajstić information content (AvgIpc) is 3.00. The van der Waals surface area contributed by atoms with Gasteiger partial charge in [0, 0.05) is 49.9 Å². The number of hydrogen-bond donors (Lipinski definition) is 1. The first kappa shape index (κ1) is 18.0. The van der Waals surface area contributed by atoms with Crippen LogP contribution in [0.1, 0.15) is 31.7 Å². The Morgan fingerprint density at radius 1 is 1.28 bits per heavy atom. The highest BCUT2D eigenvalue weighted by molar-refractivity contribution is 5.89. The van der Waals surface area contributed by atoms with Crippen LogP contribution in [0.25, 0.3) is 10.9 Å². The van der Waals surface area contributed by atoms with Crippen molar-refractivity contribution in [3.63, 3.8) is 0 Å². The molecule has 0 spiro atoms. The molecule has 0 bridgehead atoms. The van der Waals surface area contributed by atoms with Crippen LogP contribution in [0, 0.1) is 0 Å². The molecule has 2 aromatic rings. The molecule has 0 aliphatic carbocycles. The summed E-state index contributed by atoms with van der Waals surface area (Å²) in [6, 6.07) is 8.29. The minimum absolute atomic E-state index is 0.169. The van der Waals surface area contributed by atoms with Crippen molar-refractivity contribution in [3.8, 4) is 0 Å². The SMILES string of the molecule is CCn1cc(CC(=O)N2CCC(OCCCO)CC2)c2ccccc21. The standard InChI is InChI=1S/C20H28N2O3/c1-2-21-15-16(18-6-3-4-7-19(18)21)14-20(24)22-10-8-17(9-11-22)25-13-5-12-23/h3-4,6-7,15,17,23H,2,5,8-14H2,1H3. The first-order valence-electron chi connectivity index (χ1n) is 9.30. The largest absolute Gasteiger partial charge is 0.396 e. The molecule has 0 atom stereocenters. The maximum atomic E-state index is 12.7. The minimum atomic E-state index is 0.169. The van der Waals surface area contributed by atoms with Crippen LogP contribution in [0.3, 0.4) is 0 Å². The van der Waals surface area contributed by atoms with Gasteiger partial charge in [0.25, 0.3) is 0 Å². The molecule has 1 N–H and O–H groups in total. The van der Waals surface area contributed by atoms with Crippen LogP contribution >= 0.6 is 0 Å². The summed E-state index contributed by atoms with van der Waals surface area (Å²) >= 11 is 0. The summed E-state index contributed by atoms with van der Waals surface area (Å²) in [5, 5.41) is 9.99. The van der Waals surface area contributed by atoms with Crippen molar-refractivity contribution in [2.24, 2.45) is 0 Å². The van der Waals surface area contributed by atoms with Crippen LogP contribution in [0.4, 0.5) is 0 Å². The number of fused-ring (bicyclic) bond motifs is 1. The molecule has 136 valence electrons. The van der Waals surface area contributed by atoms with Gasteiger partial charge in [-0.3, -0.25) is 4.79 Å². The lowest BCUT2D eigenvalue weighted by molar-refractivity contribution is -0.133. The van der Waals surface area contributed by atoms with Crippen LogP contribution in [0.15, 0.2) is 30.5 Å². The quantitative estimate of drug-likeness (QED) is 0.786. The lowest BCUT2D eigenvalue weighted by atomic mass is 10.1. The number of piperidine rings is 1. The highest BCUT2D eigenvalue weighted by atomic mass is 16.5. The Morgan fingerprint density at radius 2 is 2.04 bits per heavy atom. The molecule has 5 nitrogen and oxygen atoms in total. The van der Waals surface area contributed by atoms with Crippen molar-refractivity contribution in [2.45, 2.75) is 45.3 Å². The molecule has 0 radical (unpaired) electrons. The zero-order valence-electron chi connectivity index (χ0n) is 15.0. The van der Waals surface area contributed by atoms with Crippen LogP contribution < -0.4 is 0 Å². The number of aliphatic hydroxyl groups is 1. The predicted molar refractivity (Wildman–Crippen MR) is 98.6 cm³/mol. The fraction of sp³-hybridized carbons (Fsp3) is 0.550. The normalized spacial score (nSPS) is 15.8. The molecule has 1 aromatic heterocycles. The van der Waals surface area contributed by atoms with Gasteiger partial charge in [0.15, 0.2) is 0 Å². The van der Waals surface area contributed by atoms with E-state index >= 15 is 0 Å². The molecule has 1 amide bonds. The Kier molecular flexibility index (Phi) is 6.10.